The van der Waals surface area contributed by atoms with E-state index in [-0.39, 0.29) is 24.6 Å². The Hall–Kier alpha value is -4.40. The maximum Gasteiger partial charge on any atom is 0.261 e. The molecule has 0 aliphatic rings. The van der Waals surface area contributed by atoms with Crippen LogP contribution in [0.1, 0.15) is 15.9 Å². The van der Waals surface area contributed by atoms with Gasteiger partial charge in [0.2, 0.25) is 5.91 Å². The first-order valence-corrected chi connectivity index (χ1v) is 9.50. The third-order valence-electron chi connectivity index (χ3n) is 4.47. The van der Waals surface area contributed by atoms with E-state index >= 15 is 0 Å². The molecule has 0 fully saturated rings. The molecule has 4 rings (SSSR count). The average Bonchev–Trinajstić information content (AvgIpc) is 3.46. The number of anilines is 1. The number of benzene rings is 1. The molecule has 3 aromatic heterocycles. The minimum Gasteiger partial charge on any atom is -0.463 e. The Morgan fingerprint density at radius 3 is 2.74 bits per heavy atom. The van der Waals surface area contributed by atoms with E-state index in [0.29, 0.717) is 17.1 Å². The lowest BCUT2D eigenvalue weighted by molar-refractivity contribution is -0.116. The molecule has 156 valence electrons. The lowest BCUT2D eigenvalue weighted by Gasteiger charge is -2.09. The van der Waals surface area contributed by atoms with E-state index in [2.05, 4.69) is 20.7 Å². The maximum absolute atomic E-state index is 12.4. The molecular weight excluding hydrogens is 398 g/mol. The molecule has 0 saturated heterocycles. The molecule has 0 radical (unpaired) electrons. The first kappa shape index (κ1) is 19.9. The molecule has 0 bridgehead atoms. The number of H-pyrrole nitrogens is 1. The molecule has 3 heterocycles. The summed E-state index contributed by atoms with van der Waals surface area (Å²) in [5.41, 5.74) is 1.36. The molecular formula is C22H19N5O4. The predicted molar refractivity (Wildman–Crippen MR) is 113 cm³/mol. The van der Waals surface area contributed by atoms with E-state index in [1.807, 2.05) is 6.07 Å². The van der Waals surface area contributed by atoms with Gasteiger partial charge in [0.05, 0.1) is 12.0 Å². The number of carbonyl (C=O) groups is 2. The lowest BCUT2D eigenvalue weighted by atomic mass is 10.1. The van der Waals surface area contributed by atoms with Crippen LogP contribution in [0.4, 0.5) is 5.69 Å². The summed E-state index contributed by atoms with van der Waals surface area (Å²) in [6.07, 6.45) is 4.81. The Bertz CT molecular complexity index is 1240. The number of amides is 2. The van der Waals surface area contributed by atoms with Crippen LogP contribution in [0.15, 0.2) is 82.5 Å². The van der Waals surface area contributed by atoms with Crippen molar-refractivity contribution in [3.63, 3.8) is 0 Å². The summed E-state index contributed by atoms with van der Waals surface area (Å²) in [4.78, 5) is 39.5. The van der Waals surface area contributed by atoms with E-state index in [4.69, 9.17) is 4.42 Å². The zero-order valence-corrected chi connectivity index (χ0v) is 16.4. The van der Waals surface area contributed by atoms with Gasteiger partial charge in [0.15, 0.2) is 0 Å². The van der Waals surface area contributed by atoms with Crippen LogP contribution in [-0.4, -0.2) is 26.6 Å². The number of hydrogen-bond donors (Lipinski definition) is 3. The summed E-state index contributed by atoms with van der Waals surface area (Å²) in [7, 11) is 0. The summed E-state index contributed by atoms with van der Waals surface area (Å²) in [5.74, 6) is -0.205. The van der Waals surface area contributed by atoms with Gasteiger partial charge in [-0.2, -0.15) is 5.10 Å². The lowest BCUT2D eigenvalue weighted by Crippen LogP contribution is -2.29. The third-order valence-corrected chi connectivity index (χ3v) is 4.47. The van der Waals surface area contributed by atoms with Gasteiger partial charge < -0.3 is 20.0 Å². The fourth-order valence-electron chi connectivity index (χ4n) is 3.01. The second-order valence-corrected chi connectivity index (χ2v) is 6.73. The molecule has 0 saturated carbocycles. The fraction of sp³-hybridized carbons (Fsp3) is 0.0909. The molecule has 0 unspecified atom stereocenters. The van der Waals surface area contributed by atoms with Gasteiger partial charge in [-0.15, -0.1) is 0 Å². The number of pyridine rings is 1. The van der Waals surface area contributed by atoms with Gasteiger partial charge in [-0.1, -0.05) is 12.1 Å². The molecule has 2 amide bonds. The van der Waals surface area contributed by atoms with Crippen molar-refractivity contribution in [3.05, 3.63) is 94.7 Å². The molecule has 31 heavy (non-hydrogen) atoms. The second-order valence-electron chi connectivity index (χ2n) is 6.73. The molecule has 1 aromatic carbocycles. The van der Waals surface area contributed by atoms with E-state index in [0.717, 1.165) is 5.56 Å². The number of nitrogens with one attached hydrogen (secondary N) is 3. The van der Waals surface area contributed by atoms with Gasteiger partial charge >= 0.3 is 0 Å². The third kappa shape index (κ3) is 4.96. The molecule has 4 aromatic rings. The zero-order valence-electron chi connectivity index (χ0n) is 16.4. The molecule has 0 spiro atoms. The van der Waals surface area contributed by atoms with Gasteiger partial charge in [0.25, 0.3) is 11.5 Å². The monoisotopic (exact) mass is 417 g/mol. The first-order valence-electron chi connectivity index (χ1n) is 9.50. The van der Waals surface area contributed by atoms with E-state index in [9.17, 15) is 14.4 Å². The normalized spacial score (nSPS) is 10.6. The molecule has 0 aliphatic carbocycles. The molecule has 3 N–H and O–H groups in total. The minimum atomic E-state index is -0.508. The number of hydrogen-bond acceptors (Lipinski definition) is 5. The van der Waals surface area contributed by atoms with Crippen molar-refractivity contribution in [3.8, 4) is 11.5 Å². The largest absolute Gasteiger partial charge is 0.463 e. The van der Waals surface area contributed by atoms with Crippen LogP contribution in [0.5, 0.6) is 0 Å². The fourth-order valence-corrected chi connectivity index (χ4v) is 3.01. The van der Waals surface area contributed by atoms with Crippen molar-refractivity contribution in [1.29, 1.82) is 0 Å². The summed E-state index contributed by atoms with van der Waals surface area (Å²) in [6, 6.07) is 15.3. The number of aromatic amines is 1. The van der Waals surface area contributed by atoms with Crippen LogP contribution in [-0.2, 0) is 17.9 Å². The summed E-state index contributed by atoms with van der Waals surface area (Å²) in [6.45, 7) is 0.297. The van der Waals surface area contributed by atoms with Crippen molar-refractivity contribution in [1.82, 2.24) is 20.1 Å². The summed E-state index contributed by atoms with van der Waals surface area (Å²) >= 11 is 0. The van der Waals surface area contributed by atoms with Crippen molar-refractivity contribution in [2.24, 2.45) is 0 Å². The number of furan rings is 1. The quantitative estimate of drug-likeness (QED) is 0.426. The number of aromatic nitrogens is 3. The molecule has 9 nitrogen and oxygen atoms in total. The van der Waals surface area contributed by atoms with Crippen molar-refractivity contribution in [2.45, 2.75) is 13.1 Å². The van der Waals surface area contributed by atoms with Gasteiger partial charge in [0, 0.05) is 24.6 Å². The van der Waals surface area contributed by atoms with Gasteiger partial charge in [-0.05, 0) is 48.0 Å². The van der Waals surface area contributed by atoms with Crippen LogP contribution in [0, 0.1) is 0 Å². The highest BCUT2D eigenvalue weighted by Crippen LogP contribution is 2.16. The van der Waals surface area contributed by atoms with E-state index < -0.39 is 11.5 Å². The number of rotatable bonds is 7. The average molecular weight is 417 g/mol. The Kier molecular flexibility index (Phi) is 5.75. The second kappa shape index (κ2) is 8.95. The number of nitrogens with zero attached hydrogens (tertiary/aromatic N) is 2. The standard InChI is InChI=1S/C22H19N5O4/c28-20(14-27-10-3-9-24-27)25-16-5-1-4-15(12-16)13-23-21(29)17-7-8-18(26-22(17)30)19-6-2-11-31-19/h1-12H,13-14H2,(H,23,29)(H,25,28)(H,26,30). The minimum absolute atomic E-state index is 0.000939. The van der Waals surface area contributed by atoms with Gasteiger partial charge in [0.1, 0.15) is 17.9 Å². The van der Waals surface area contributed by atoms with Crippen molar-refractivity contribution >= 4 is 17.5 Å². The Balaban J connectivity index is 1.37. The van der Waals surface area contributed by atoms with Gasteiger partial charge in [-0.3, -0.25) is 19.1 Å². The van der Waals surface area contributed by atoms with Crippen LogP contribution in [0.2, 0.25) is 0 Å². The van der Waals surface area contributed by atoms with E-state index in [1.54, 1.807) is 54.9 Å². The molecule has 9 heteroatoms. The molecule has 0 atom stereocenters. The maximum atomic E-state index is 12.4. The zero-order chi connectivity index (χ0) is 21.6. The van der Waals surface area contributed by atoms with Crippen LogP contribution < -0.4 is 16.2 Å². The van der Waals surface area contributed by atoms with Crippen LogP contribution >= 0.6 is 0 Å². The summed E-state index contributed by atoms with van der Waals surface area (Å²) < 4.78 is 6.76. The highest BCUT2D eigenvalue weighted by molar-refractivity contribution is 5.94. The summed E-state index contributed by atoms with van der Waals surface area (Å²) in [5, 5.41) is 9.51. The topological polar surface area (TPSA) is 122 Å². The highest BCUT2D eigenvalue weighted by Gasteiger charge is 2.12. The highest BCUT2D eigenvalue weighted by atomic mass is 16.3. The Morgan fingerprint density at radius 2 is 2.00 bits per heavy atom. The Labute approximate surface area is 176 Å². The van der Waals surface area contributed by atoms with E-state index in [1.165, 1.54) is 17.0 Å². The van der Waals surface area contributed by atoms with Crippen LogP contribution in [0.3, 0.4) is 0 Å². The number of carbonyl (C=O) groups excluding carboxylic acids is 2. The van der Waals surface area contributed by atoms with Crippen LogP contribution in [0.25, 0.3) is 11.5 Å². The molecule has 0 aliphatic heterocycles. The smallest absolute Gasteiger partial charge is 0.261 e. The predicted octanol–water partition coefficient (Wildman–Crippen LogP) is 2.40. The Morgan fingerprint density at radius 1 is 1.10 bits per heavy atom. The van der Waals surface area contributed by atoms with Gasteiger partial charge in [-0.25, -0.2) is 0 Å². The SMILES string of the molecule is O=C(Cn1cccn1)Nc1cccc(CNC(=O)c2ccc(-c3ccco3)[nH]c2=O)c1. The van der Waals surface area contributed by atoms with Crippen molar-refractivity contribution < 1.29 is 14.0 Å². The van der Waals surface area contributed by atoms with Crippen molar-refractivity contribution in [2.75, 3.05) is 5.32 Å². The first-order chi connectivity index (χ1) is 15.1.